The fourth-order valence-corrected chi connectivity index (χ4v) is 1.60. The second-order valence-electron chi connectivity index (χ2n) is 3.22. The molecular weight excluding hydrogens is 172 g/mol. The number of aliphatic imine (C=N–C) groups is 1. The third-order valence-corrected chi connectivity index (χ3v) is 2.29. The summed E-state index contributed by atoms with van der Waals surface area (Å²) in [7, 11) is 0. The number of hydrogen-bond donors (Lipinski definition) is 0. The topological polar surface area (TPSA) is 24.7 Å². The molecule has 0 radical (unpaired) electrons. The molecule has 0 unspecified atom stereocenters. The van der Waals surface area contributed by atoms with Crippen LogP contribution in [-0.2, 0) is 0 Å². The standard InChI is InChI=1S/C12H8N2/c1-2-5-10-9(4-1)8-12(14-10)11-6-3-7-13-11/h1-8H/b12-11-. The van der Waals surface area contributed by atoms with E-state index in [1.165, 1.54) is 5.22 Å². The van der Waals surface area contributed by atoms with Crippen LogP contribution in [0.4, 0.5) is 0 Å². The van der Waals surface area contributed by atoms with Gasteiger partial charge < -0.3 is 0 Å². The van der Waals surface area contributed by atoms with Crippen LogP contribution in [0.5, 0.6) is 0 Å². The number of fused-ring (bicyclic) bond motifs is 1. The van der Waals surface area contributed by atoms with Gasteiger partial charge in [0, 0.05) is 11.4 Å². The summed E-state index contributed by atoms with van der Waals surface area (Å²) in [6.45, 7) is 0. The lowest BCUT2D eigenvalue weighted by atomic mass is 10.2. The summed E-state index contributed by atoms with van der Waals surface area (Å²) in [6, 6.07) is 8.10. The highest BCUT2D eigenvalue weighted by atomic mass is 14.8. The van der Waals surface area contributed by atoms with E-state index >= 15 is 0 Å². The van der Waals surface area contributed by atoms with E-state index in [0.29, 0.717) is 0 Å². The highest BCUT2D eigenvalue weighted by Gasteiger charge is 2.05. The van der Waals surface area contributed by atoms with E-state index in [2.05, 4.69) is 22.1 Å². The van der Waals surface area contributed by atoms with E-state index in [4.69, 9.17) is 0 Å². The largest absolute Gasteiger partial charge is 0.255 e. The first-order chi connectivity index (χ1) is 6.93. The van der Waals surface area contributed by atoms with E-state index in [1.807, 2.05) is 30.4 Å². The van der Waals surface area contributed by atoms with Gasteiger partial charge in [0.05, 0.1) is 16.8 Å². The lowest BCUT2D eigenvalue weighted by molar-refractivity contribution is 1.26. The normalized spacial score (nSPS) is 22.0. The second kappa shape index (κ2) is 2.77. The minimum Gasteiger partial charge on any atom is -0.255 e. The molecule has 0 saturated heterocycles. The molecule has 0 N–H and O–H groups in total. The van der Waals surface area contributed by atoms with Crippen LogP contribution in [0, 0.1) is 0 Å². The number of hydrogen-bond acceptors (Lipinski definition) is 2. The van der Waals surface area contributed by atoms with Crippen LogP contribution < -0.4 is 10.6 Å². The minimum absolute atomic E-state index is 0.946. The molecule has 1 aromatic carbocycles. The predicted molar refractivity (Wildman–Crippen MR) is 56.3 cm³/mol. The Labute approximate surface area is 81.3 Å². The molecule has 2 aliphatic heterocycles. The Morgan fingerprint density at radius 3 is 2.71 bits per heavy atom. The Morgan fingerprint density at radius 1 is 1.00 bits per heavy atom. The Balaban J connectivity index is 2.29. The third kappa shape index (κ3) is 1.04. The van der Waals surface area contributed by atoms with Crippen molar-refractivity contribution >= 4 is 12.3 Å². The van der Waals surface area contributed by atoms with Gasteiger partial charge >= 0.3 is 0 Å². The first-order valence-electron chi connectivity index (χ1n) is 4.54. The van der Waals surface area contributed by atoms with Crippen molar-refractivity contribution in [1.29, 1.82) is 0 Å². The lowest BCUT2D eigenvalue weighted by Gasteiger charge is -1.90. The first-order valence-corrected chi connectivity index (χ1v) is 4.54. The zero-order valence-electron chi connectivity index (χ0n) is 7.51. The van der Waals surface area contributed by atoms with Gasteiger partial charge in [0.25, 0.3) is 0 Å². The molecule has 3 rings (SSSR count). The molecule has 2 aliphatic rings. The molecule has 0 aromatic heterocycles. The highest BCUT2D eigenvalue weighted by molar-refractivity contribution is 5.78. The van der Waals surface area contributed by atoms with Gasteiger partial charge in [0.15, 0.2) is 0 Å². The smallest absolute Gasteiger partial charge is 0.0900 e. The van der Waals surface area contributed by atoms with Gasteiger partial charge in [0.1, 0.15) is 0 Å². The molecule has 2 heterocycles. The number of allylic oxidation sites excluding steroid dienone is 3. The SMILES string of the molecule is C1=C/C(=C2\C=c3ccccc3=N2)N=C1. The highest BCUT2D eigenvalue weighted by Crippen LogP contribution is 2.14. The van der Waals surface area contributed by atoms with E-state index in [-0.39, 0.29) is 0 Å². The summed E-state index contributed by atoms with van der Waals surface area (Å²) < 4.78 is 0. The molecule has 0 saturated carbocycles. The molecule has 0 amide bonds. The van der Waals surface area contributed by atoms with Crippen molar-refractivity contribution in [3.63, 3.8) is 0 Å². The van der Waals surface area contributed by atoms with Crippen LogP contribution in [0.3, 0.4) is 0 Å². The van der Waals surface area contributed by atoms with Gasteiger partial charge in [-0.1, -0.05) is 18.2 Å². The lowest BCUT2D eigenvalue weighted by Crippen LogP contribution is -2.19. The maximum Gasteiger partial charge on any atom is 0.0900 e. The van der Waals surface area contributed by atoms with Crippen LogP contribution >= 0.6 is 0 Å². The second-order valence-corrected chi connectivity index (χ2v) is 3.22. The van der Waals surface area contributed by atoms with Gasteiger partial charge in [-0.25, -0.2) is 4.99 Å². The Morgan fingerprint density at radius 2 is 1.93 bits per heavy atom. The summed E-state index contributed by atoms with van der Waals surface area (Å²) in [5, 5.41) is 2.20. The first kappa shape index (κ1) is 7.44. The van der Waals surface area contributed by atoms with Gasteiger partial charge in [-0.2, -0.15) is 0 Å². The summed E-state index contributed by atoms with van der Waals surface area (Å²) >= 11 is 0. The molecule has 0 bridgehead atoms. The molecule has 2 nitrogen and oxygen atoms in total. The molecular formula is C12H8N2. The van der Waals surface area contributed by atoms with Crippen molar-refractivity contribution in [2.24, 2.45) is 9.98 Å². The average molecular weight is 180 g/mol. The average Bonchev–Trinajstić information content (AvgIpc) is 2.86. The van der Waals surface area contributed by atoms with Gasteiger partial charge in [0.2, 0.25) is 0 Å². The number of rotatable bonds is 0. The number of para-hydroxylation sites is 1. The fourth-order valence-electron chi connectivity index (χ4n) is 1.60. The maximum absolute atomic E-state index is 4.49. The zero-order valence-corrected chi connectivity index (χ0v) is 7.51. The number of benzene rings is 1. The summed E-state index contributed by atoms with van der Waals surface area (Å²) in [5.74, 6) is 0. The van der Waals surface area contributed by atoms with E-state index in [0.717, 1.165) is 16.8 Å². The molecule has 0 fully saturated rings. The fraction of sp³-hybridized carbons (Fsp3) is 0. The van der Waals surface area contributed by atoms with Crippen molar-refractivity contribution < 1.29 is 0 Å². The molecule has 0 aliphatic carbocycles. The van der Waals surface area contributed by atoms with Crippen LogP contribution in [0.15, 0.2) is 57.8 Å². The predicted octanol–water partition coefficient (Wildman–Crippen LogP) is 0.952. The summed E-state index contributed by atoms with van der Waals surface area (Å²) in [6.07, 6.45) is 7.75. The monoisotopic (exact) mass is 180 g/mol. The van der Waals surface area contributed by atoms with Crippen molar-refractivity contribution in [2.75, 3.05) is 0 Å². The number of nitrogens with zero attached hydrogens (tertiary/aromatic N) is 2. The molecule has 0 spiro atoms. The maximum atomic E-state index is 4.49. The van der Waals surface area contributed by atoms with Crippen LogP contribution in [-0.4, -0.2) is 6.21 Å². The Hall–Kier alpha value is -1.96. The quantitative estimate of drug-likeness (QED) is 0.568. The summed E-state index contributed by atoms with van der Waals surface area (Å²) in [5.41, 5.74) is 1.90. The van der Waals surface area contributed by atoms with Crippen molar-refractivity contribution in [2.45, 2.75) is 0 Å². The van der Waals surface area contributed by atoms with Gasteiger partial charge in [-0.05, 0) is 24.3 Å². The zero-order chi connectivity index (χ0) is 9.38. The van der Waals surface area contributed by atoms with Crippen molar-refractivity contribution in [1.82, 2.24) is 0 Å². The minimum atomic E-state index is 0.946. The molecule has 1 aromatic rings. The van der Waals surface area contributed by atoms with E-state index in [1.54, 1.807) is 6.21 Å². The van der Waals surface area contributed by atoms with Crippen molar-refractivity contribution in [3.8, 4) is 0 Å². The van der Waals surface area contributed by atoms with E-state index < -0.39 is 0 Å². The molecule has 14 heavy (non-hydrogen) atoms. The Kier molecular flexibility index (Phi) is 1.47. The van der Waals surface area contributed by atoms with Crippen LogP contribution in [0.1, 0.15) is 0 Å². The van der Waals surface area contributed by atoms with Crippen LogP contribution in [0.2, 0.25) is 0 Å². The van der Waals surface area contributed by atoms with Gasteiger partial charge in [-0.15, -0.1) is 0 Å². The summed E-state index contributed by atoms with van der Waals surface area (Å²) in [4.78, 5) is 8.71. The molecule has 66 valence electrons. The van der Waals surface area contributed by atoms with E-state index in [9.17, 15) is 0 Å². The third-order valence-electron chi connectivity index (χ3n) is 2.29. The van der Waals surface area contributed by atoms with Crippen molar-refractivity contribution in [3.05, 3.63) is 58.4 Å². The molecule has 2 heteroatoms. The molecule has 0 atom stereocenters. The van der Waals surface area contributed by atoms with Crippen LogP contribution in [0.25, 0.3) is 6.08 Å². The Bertz CT molecular complexity index is 538. The van der Waals surface area contributed by atoms with Gasteiger partial charge in [-0.3, -0.25) is 4.99 Å².